The van der Waals surface area contributed by atoms with Crippen molar-refractivity contribution in [1.29, 1.82) is 0 Å². The lowest BCUT2D eigenvalue weighted by atomic mass is 9.79. The van der Waals surface area contributed by atoms with Gasteiger partial charge in [-0.3, -0.25) is 34.7 Å². The van der Waals surface area contributed by atoms with Gasteiger partial charge in [0.25, 0.3) is 0 Å². The van der Waals surface area contributed by atoms with Gasteiger partial charge in [0.1, 0.15) is 5.82 Å². The molecule has 0 spiro atoms. The first-order valence-electron chi connectivity index (χ1n) is 24.6. The molecule has 1 fully saturated rings. The summed E-state index contributed by atoms with van der Waals surface area (Å²) in [4.78, 5) is 43.3. The van der Waals surface area contributed by atoms with Crippen molar-refractivity contribution >= 4 is 67.0 Å². The zero-order chi connectivity index (χ0) is 49.8. The van der Waals surface area contributed by atoms with Crippen LogP contribution in [0, 0.1) is 5.92 Å². The average Bonchev–Trinajstić information content (AvgIpc) is 4.00. The number of nitrogens with one attached hydrogen (secondary N) is 3. The van der Waals surface area contributed by atoms with Crippen LogP contribution in [0.1, 0.15) is 61.4 Å². The number of carbonyl (C=O) groups excluding carboxylic acids is 1. The number of nitrogens with zero attached hydrogens (tertiary/aromatic N) is 9. The first-order chi connectivity index (χ1) is 35.7. The molecule has 1 aliphatic rings. The van der Waals surface area contributed by atoms with Crippen molar-refractivity contribution in [2.24, 2.45) is 25.7 Å². The molecule has 11 aromatic rings. The van der Waals surface area contributed by atoms with Crippen molar-refractivity contribution in [2.45, 2.75) is 50.7 Å². The van der Waals surface area contributed by atoms with Crippen molar-refractivity contribution < 1.29 is 4.79 Å². The highest BCUT2D eigenvalue weighted by atomic mass is 16.1. The van der Waals surface area contributed by atoms with E-state index in [9.17, 15) is 4.79 Å². The third-order valence-corrected chi connectivity index (χ3v) is 14.0. The van der Waals surface area contributed by atoms with Crippen LogP contribution in [0.4, 0.5) is 17.2 Å². The molecule has 0 saturated heterocycles. The highest BCUT2D eigenvalue weighted by molar-refractivity contribution is 5.98. The SMILES string of the molecule is CC(=O)Nc1ccc(C(Nc2cc(-c3ccc4ccn(C)c4c3)c3nccnc3c2)c2cccnc2)cn1.Cn1ccc2ccc(-c3cc(NC(c4cccnc4)C4CCC(N)CC4)cc4nccnc34)cc21. The Morgan fingerprint density at radius 1 is 0.575 bits per heavy atom. The number of carbonyl (C=O) groups is 1. The number of aryl methyl sites for hydroxylation is 2. The fraction of sp³-hybridized carbons (Fsp3) is 0.186. The Hall–Kier alpha value is -8.88. The van der Waals surface area contributed by atoms with E-state index in [2.05, 4.69) is 147 Å². The Balaban J connectivity index is 0.000000158. The Kier molecular flexibility index (Phi) is 13.0. The van der Waals surface area contributed by atoms with E-state index in [0.717, 1.165) is 98.0 Å². The highest BCUT2D eigenvalue weighted by Gasteiger charge is 2.28. The molecule has 7 heterocycles. The molecule has 0 radical (unpaired) electrons. The van der Waals surface area contributed by atoms with Crippen LogP contribution in [-0.2, 0) is 18.9 Å². The van der Waals surface area contributed by atoms with Crippen LogP contribution < -0.4 is 21.7 Å². The van der Waals surface area contributed by atoms with Crippen LogP contribution in [0.3, 0.4) is 0 Å². The molecular formula is C59H55N13O. The van der Waals surface area contributed by atoms with Crippen molar-refractivity contribution in [3.8, 4) is 22.3 Å². The van der Waals surface area contributed by atoms with Gasteiger partial charge in [-0.25, -0.2) is 4.98 Å². The van der Waals surface area contributed by atoms with E-state index in [-0.39, 0.29) is 18.0 Å². The van der Waals surface area contributed by atoms with Crippen molar-refractivity contribution in [3.63, 3.8) is 0 Å². The minimum Gasteiger partial charge on any atom is -0.378 e. The summed E-state index contributed by atoms with van der Waals surface area (Å²) in [6.07, 6.45) is 24.6. The fourth-order valence-electron chi connectivity index (χ4n) is 10.2. The molecule has 0 bridgehead atoms. The summed E-state index contributed by atoms with van der Waals surface area (Å²) in [7, 11) is 4.13. The molecule has 1 aliphatic carbocycles. The zero-order valence-corrected chi connectivity index (χ0v) is 40.9. The van der Waals surface area contributed by atoms with E-state index < -0.39 is 0 Å². The van der Waals surface area contributed by atoms with Gasteiger partial charge < -0.3 is 30.8 Å². The number of aromatic nitrogens is 9. The smallest absolute Gasteiger partial charge is 0.222 e. The molecule has 4 aromatic carbocycles. The Bertz CT molecular complexity index is 3720. The van der Waals surface area contributed by atoms with Crippen LogP contribution in [-0.4, -0.2) is 56.0 Å². The second-order valence-corrected chi connectivity index (χ2v) is 18.9. The zero-order valence-electron chi connectivity index (χ0n) is 40.9. The summed E-state index contributed by atoms with van der Waals surface area (Å²) in [6, 6.07) is 37.9. The van der Waals surface area contributed by atoms with Crippen molar-refractivity contribution in [1.82, 2.24) is 44.0 Å². The molecule has 7 aromatic heterocycles. The number of nitrogens with two attached hydrogens (primary N) is 1. The van der Waals surface area contributed by atoms with Gasteiger partial charge in [0.15, 0.2) is 0 Å². The summed E-state index contributed by atoms with van der Waals surface area (Å²) in [5.41, 5.74) is 21.3. The van der Waals surface area contributed by atoms with Gasteiger partial charge in [0.2, 0.25) is 5.91 Å². The topological polar surface area (TPSA) is 179 Å². The molecule has 362 valence electrons. The number of rotatable bonds is 11. The molecule has 14 heteroatoms. The third kappa shape index (κ3) is 10.1. The molecule has 14 nitrogen and oxygen atoms in total. The summed E-state index contributed by atoms with van der Waals surface area (Å²) in [6.45, 7) is 1.46. The quantitative estimate of drug-likeness (QED) is 0.0969. The molecule has 1 amide bonds. The lowest BCUT2D eigenvalue weighted by Gasteiger charge is -2.34. The standard InChI is InChI=1S/C30H25N7O.C29H30N6/c1-19(38)35-28-8-7-23(18-34-28)29(22-4-3-10-31-17-22)36-24-15-25(30-26(16-24)32-11-12-33-30)21-6-5-20-9-13-37(2)27(20)14-21;1-35-14-10-19-4-5-21(15-27(19)35)25-16-24(17-26-29(25)33-13-12-32-26)34-28(22-3-2-11-31-18-22)20-6-8-23(30)9-7-20/h3-18,29,36H,1-2H3,(H,34,35,38);2-5,10-18,20,23,28,34H,6-9,30H2,1H3. The second kappa shape index (κ2) is 20.5. The summed E-state index contributed by atoms with van der Waals surface area (Å²) < 4.78 is 4.27. The van der Waals surface area contributed by atoms with Gasteiger partial charge in [-0.05, 0) is 137 Å². The first kappa shape index (κ1) is 46.5. The number of fused-ring (bicyclic) bond motifs is 4. The number of amides is 1. The predicted molar refractivity (Wildman–Crippen MR) is 292 cm³/mol. The Labute approximate surface area is 422 Å². The van der Waals surface area contributed by atoms with E-state index in [4.69, 9.17) is 10.7 Å². The van der Waals surface area contributed by atoms with Crippen LogP contribution in [0.15, 0.2) is 177 Å². The molecular weight excluding hydrogens is 907 g/mol. The van der Waals surface area contributed by atoms with Gasteiger partial charge in [-0.1, -0.05) is 42.5 Å². The van der Waals surface area contributed by atoms with Crippen LogP contribution in [0.5, 0.6) is 0 Å². The minimum atomic E-state index is -0.236. The highest BCUT2D eigenvalue weighted by Crippen LogP contribution is 2.40. The number of hydrogen-bond donors (Lipinski definition) is 4. The average molecular weight is 962 g/mol. The van der Waals surface area contributed by atoms with Crippen LogP contribution >= 0.6 is 0 Å². The van der Waals surface area contributed by atoms with Gasteiger partial charge in [0, 0.05) is 129 Å². The number of benzene rings is 4. The Morgan fingerprint density at radius 3 is 1.66 bits per heavy atom. The summed E-state index contributed by atoms with van der Waals surface area (Å²) >= 11 is 0. The van der Waals surface area contributed by atoms with E-state index in [0.29, 0.717) is 17.8 Å². The predicted octanol–water partition coefficient (Wildman–Crippen LogP) is 11.6. The third-order valence-electron chi connectivity index (χ3n) is 14.0. The molecule has 0 aliphatic heterocycles. The number of hydrogen-bond acceptors (Lipinski definition) is 11. The monoisotopic (exact) mass is 961 g/mol. The van der Waals surface area contributed by atoms with Gasteiger partial charge >= 0.3 is 0 Å². The molecule has 12 rings (SSSR count). The van der Waals surface area contributed by atoms with Gasteiger partial charge in [-0.15, -0.1) is 0 Å². The van der Waals surface area contributed by atoms with Crippen molar-refractivity contribution in [3.05, 3.63) is 194 Å². The number of anilines is 3. The normalized spacial score (nSPS) is 15.4. The molecule has 2 unspecified atom stereocenters. The lowest BCUT2D eigenvalue weighted by Crippen LogP contribution is -2.31. The minimum absolute atomic E-state index is 0.161. The van der Waals surface area contributed by atoms with E-state index in [1.54, 1.807) is 43.2 Å². The maximum Gasteiger partial charge on any atom is 0.222 e. The summed E-state index contributed by atoms with van der Waals surface area (Å²) in [5.74, 6) is 0.843. The van der Waals surface area contributed by atoms with Crippen LogP contribution in [0.2, 0.25) is 0 Å². The van der Waals surface area contributed by atoms with E-state index in [1.165, 1.54) is 28.8 Å². The number of pyridine rings is 3. The first-order valence-corrected chi connectivity index (χ1v) is 24.6. The van der Waals surface area contributed by atoms with Crippen molar-refractivity contribution in [2.75, 3.05) is 16.0 Å². The Morgan fingerprint density at radius 2 is 1.12 bits per heavy atom. The maximum atomic E-state index is 11.4. The van der Waals surface area contributed by atoms with E-state index >= 15 is 0 Å². The molecule has 1 saturated carbocycles. The van der Waals surface area contributed by atoms with E-state index in [1.807, 2.05) is 56.0 Å². The second-order valence-electron chi connectivity index (χ2n) is 18.9. The van der Waals surface area contributed by atoms with Gasteiger partial charge in [0.05, 0.1) is 34.2 Å². The molecule has 5 N–H and O–H groups in total. The largest absolute Gasteiger partial charge is 0.378 e. The van der Waals surface area contributed by atoms with Crippen LogP contribution in [0.25, 0.3) is 66.1 Å². The summed E-state index contributed by atoms with van der Waals surface area (Å²) in [5, 5.41) is 12.7. The maximum absolute atomic E-state index is 11.4. The lowest BCUT2D eigenvalue weighted by molar-refractivity contribution is -0.114. The molecule has 73 heavy (non-hydrogen) atoms. The molecule has 2 atom stereocenters. The van der Waals surface area contributed by atoms with Gasteiger partial charge in [-0.2, -0.15) is 0 Å². The fourth-order valence-corrected chi connectivity index (χ4v) is 10.2.